The Kier molecular flexibility index (Phi) is 5.10. The molecule has 0 bridgehead atoms. The van der Waals surface area contributed by atoms with Crippen molar-refractivity contribution in [3.05, 3.63) is 94.7 Å². The molecule has 4 rings (SSSR count). The number of ketones is 1. The maximum Gasteiger partial charge on any atom is 0.272 e. The smallest absolute Gasteiger partial charge is 0.272 e. The largest absolute Gasteiger partial charge is 0.340 e. The summed E-state index contributed by atoms with van der Waals surface area (Å²) in [6, 6.07) is 12.9. The topological polar surface area (TPSA) is 89.2 Å². The van der Waals surface area contributed by atoms with Crippen LogP contribution in [0.2, 0.25) is 0 Å². The van der Waals surface area contributed by atoms with Crippen molar-refractivity contribution in [2.24, 2.45) is 0 Å². The zero-order chi connectivity index (χ0) is 21.3. The zero-order valence-corrected chi connectivity index (χ0v) is 17.0. The third-order valence-corrected chi connectivity index (χ3v) is 5.15. The molecule has 30 heavy (non-hydrogen) atoms. The van der Waals surface area contributed by atoms with Crippen LogP contribution in [0.25, 0.3) is 5.65 Å². The number of nitrogens with one attached hydrogen (secondary N) is 1. The summed E-state index contributed by atoms with van der Waals surface area (Å²) < 4.78 is 1.53. The van der Waals surface area contributed by atoms with Crippen LogP contribution in [0.3, 0.4) is 0 Å². The molecule has 0 radical (unpaired) electrons. The van der Waals surface area contributed by atoms with E-state index >= 15 is 0 Å². The molecule has 1 amide bonds. The molecule has 3 aromatic heterocycles. The van der Waals surface area contributed by atoms with Gasteiger partial charge in [0.2, 0.25) is 0 Å². The van der Waals surface area contributed by atoms with Gasteiger partial charge in [-0.25, -0.2) is 9.50 Å². The first kappa shape index (κ1) is 19.4. The van der Waals surface area contributed by atoms with Crippen molar-refractivity contribution in [2.45, 2.75) is 26.8 Å². The van der Waals surface area contributed by atoms with Crippen LogP contribution in [0.15, 0.2) is 61.1 Å². The molecule has 0 saturated heterocycles. The minimum atomic E-state index is -0.353. The van der Waals surface area contributed by atoms with Gasteiger partial charge in [0, 0.05) is 24.7 Å². The first-order chi connectivity index (χ1) is 14.5. The number of amides is 1. The highest BCUT2D eigenvalue weighted by Crippen LogP contribution is 2.25. The van der Waals surface area contributed by atoms with E-state index in [9.17, 15) is 9.59 Å². The number of carbonyl (C=O) groups excluding carboxylic acids is 2. The fourth-order valence-electron chi connectivity index (χ4n) is 3.52. The van der Waals surface area contributed by atoms with Gasteiger partial charge in [-0.1, -0.05) is 24.3 Å². The van der Waals surface area contributed by atoms with E-state index < -0.39 is 0 Å². The molecule has 4 aromatic rings. The number of aromatic nitrogens is 4. The highest BCUT2D eigenvalue weighted by atomic mass is 16.2. The molecule has 7 nitrogen and oxygen atoms in total. The summed E-state index contributed by atoms with van der Waals surface area (Å²) in [5.41, 5.74) is 4.86. The van der Waals surface area contributed by atoms with Crippen LogP contribution in [0, 0.1) is 13.8 Å². The SMILES string of the molecule is CC(=O)c1cnc2cc(C(=O)NC(c3ccncc3)c3ccccc3C)nn2c1C. The predicted octanol–water partition coefficient (Wildman–Crippen LogP) is 3.46. The molecule has 7 heteroatoms. The number of hydrogen-bond acceptors (Lipinski definition) is 5. The first-order valence-electron chi connectivity index (χ1n) is 9.58. The van der Waals surface area contributed by atoms with Gasteiger partial charge in [0.05, 0.1) is 17.3 Å². The lowest BCUT2D eigenvalue weighted by Gasteiger charge is -2.21. The molecule has 1 N–H and O–H groups in total. The van der Waals surface area contributed by atoms with Crippen LogP contribution >= 0.6 is 0 Å². The van der Waals surface area contributed by atoms with Crippen LogP contribution in [0.5, 0.6) is 0 Å². The standard InChI is InChI=1S/C23H21N5O2/c1-14-6-4-5-7-18(14)22(17-8-10-24-11-9-17)26-23(30)20-12-21-25-13-19(16(3)29)15(2)28(21)27-20/h4-13,22H,1-3H3,(H,26,30). The van der Waals surface area contributed by atoms with Crippen molar-refractivity contribution in [3.8, 4) is 0 Å². The Bertz CT molecular complexity index is 1250. The highest BCUT2D eigenvalue weighted by molar-refractivity contribution is 5.96. The van der Waals surface area contributed by atoms with E-state index in [0.29, 0.717) is 16.9 Å². The van der Waals surface area contributed by atoms with Crippen LogP contribution in [0.4, 0.5) is 0 Å². The van der Waals surface area contributed by atoms with E-state index in [1.165, 1.54) is 17.6 Å². The summed E-state index contributed by atoms with van der Waals surface area (Å²) in [6.07, 6.45) is 4.92. The third kappa shape index (κ3) is 3.57. The van der Waals surface area contributed by atoms with E-state index in [1.54, 1.807) is 25.4 Å². The zero-order valence-electron chi connectivity index (χ0n) is 17.0. The van der Waals surface area contributed by atoms with Crippen LogP contribution < -0.4 is 5.32 Å². The second-order valence-electron chi connectivity index (χ2n) is 7.16. The summed E-state index contributed by atoms with van der Waals surface area (Å²) in [4.78, 5) is 33.2. The Balaban J connectivity index is 1.72. The lowest BCUT2D eigenvalue weighted by atomic mass is 9.95. The number of Topliss-reactive ketones (excluding diaryl/α,β-unsaturated/α-hetero) is 1. The van der Waals surface area contributed by atoms with Gasteiger partial charge in [-0.3, -0.25) is 14.6 Å². The number of carbonyl (C=O) groups is 2. The van der Waals surface area contributed by atoms with Gasteiger partial charge in [-0.05, 0) is 49.6 Å². The second kappa shape index (κ2) is 7.87. The molecule has 0 saturated carbocycles. The number of aryl methyl sites for hydroxylation is 2. The van der Waals surface area contributed by atoms with Crippen LogP contribution in [-0.2, 0) is 0 Å². The lowest BCUT2D eigenvalue weighted by Crippen LogP contribution is -2.30. The maximum absolute atomic E-state index is 13.1. The number of benzene rings is 1. The second-order valence-corrected chi connectivity index (χ2v) is 7.16. The molecule has 1 aromatic carbocycles. The first-order valence-corrected chi connectivity index (χ1v) is 9.58. The van der Waals surface area contributed by atoms with E-state index in [1.807, 2.05) is 43.3 Å². The number of nitrogens with zero attached hydrogens (tertiary/aromatic N) is 4. The summed E-state index contributed by atoms with van der Waals surface area (Å²) >= 11 is 0. The Hall–Kier alpha value is -3.87. The Morgan fingerprint density at radius 1 is 1.07 bits per heavy atom. The number of fused-ring (bicyclic) bond motifs is 1. The molecular weight excluding hydrogens is 378 g/mol. The van der Waals surface area contributed by atoms with Crippen molar-refractivity contribution in [1.29, 1.82) is 0 Å². The minimum Gasteiger partial charge on any atom is -0.340 e. The van der Waals surface area contributed by atoms with Crippen molar-refractivity contribution in [1.82, 2.24) is 24.9 Å². The third-order valence-electron chi connectivity index (χ3n) is 5.15. The number of hydrogen-bond donors (Lipinski definition) is 1. The molecule has 1 atom stereocenters. The predicted molar refractivity (Wildman–Crippen MR) is 112 cm³/mol. The molecule has 0 aliphatic rings. The van der Waals surface area contributed by atoms with Crippen LogP contribution in [0.1, 0.15) is 56.2 Å². The molecular formula is C23H21N5O2. The quantitative estimate of drug-likeness (QED) is 0.519. The molecule has 0 fully saturated rings. The van der Waals surface area contributed by atoms with Gasteiger partial charge in [0.15, 0.2) is 17.1 Å². The molecule has 0 spiro atoms. The monoisotopic (exact) mass is 399 g/mol. The van der Waals surface area contributed by atoms with Gasteiger partial charge < -0.3 is 5.32 Å². The normalized spacial score (nSPS) is 12.0. The van der Waals surface area contributed by atoms with Crippen molar-refractivity contribution in [2.75, 3.05) is 0 Å². The van der Waals surface area contributed by atoms with E-state index in [2.05, 4.69) is 20.4 Å². The molecule has 150 valence electrons. The van der Waals surface area contributed by atoms with Gasteiger partial charge in [-0.15, -0.1) is 0 Å². The molecule has 3 heterocycles. The van der Waals surface area contributed by atoms with Gasteiger partial charge in [-0.2, -0.15) is 5.10 Å². The number of pyridine rings is 1. The van der Waals surface area contributed by atoms with Crippen molar-refractivity contribution < 1.29 is 9.59 Å². The van der Waals surface area contributed by atoms with E-state index in [-0.39, 0.29) is 23.4 Å². The summed E-state index contributed by atoms with van der Waals surface area (Å²) in [5, 5.41) is 7.48. The Labute approximate surface area is 173 Å². The Morgan fingerprint density at radius 2 is 1.80 bits per heavy atom. The Morgan fingerprint density at radius 3 is 2.50 bits per heavy atom. The van der Waals surface area contributed by atoms with Crippen LogP contribution in [-0.4, -0.2) is 31.3 Å². The van der Waals surface area contributed by atoms with Gasteiger partial charge in [0.1, 0.15) is 0 Å². The highest BCUT2D eigenvalue weighted by Gasteiger charge is 2.22. The minimum absolute atomic E-state index is 0.0966. The average molecular weight is 399 g/mol. The molecule has 1 unspecified atom stereocenters. The maximum atomic E-state index is 13.1. The lowest BCUT2D eigenvalue weighted by molar-refractivity contribution is 0.0937. The summed E-state index contributed by atoms with van der Waals surface area (Å²) in [5.74, 6) is -0.421. The van der Waals surface area contributed by atoms with Gasteiger partial charge in [0.25, 0.3) is 5.91 Å². The van der Waals surface area contributed by atoms with Crippen molar-refractivity contribution in [3.63, 3.8) is 0 Å². The summed E-state index contributed by atoms with van der Waals surface area (Å²) in [7, 11) is 0. The van der Waals surface area contributed by atoms with E-state index in [4.69, 9.17) is 0 Å². The fraction of sp³-hybridized carbons (Fsp3) is 0.174. The van der Waals surface area contributed by atoms with E-state index in [0.717, 1.165) is 16.7 Å². The fourth-order valence-corrected chi connectivity index (χ4v) is 3.52. The number of rotatable bonds is 5. The summed E-state index contributed by atoms with van der Waals surface area (Å²) in [6.45, 7) is 5.28. The molecule has 0 aliphatic carbocycles. The average Bonchev–Trinajstić information content (AvgIpc) is 3.19. The van der Waals surface area contributed by atoms with Gasteiger partial charge >= 0.3 is 0 Å². The molecule has 0 aliphatic heterocycles. The van der Waals surface area contributed by atoms with Crippen molar-refractivity contribution >= 4 is 17.3 Å².